The highest BCUT2D eigenvalue weighted by molar-refractivity contribution is 6.11. The fraction of sp³-hybridized carbons (Fsp3) is 0.222. The van der Waals surface area contributed by atoms with Crippen LogP contribution in [0.3, 0.4) is 0 Å². The van der Waals surface area contributed by atoms with Gasteiger partial charge < -0.3 is 30.8 Å². The molecule has 8 nitrogen and oxygen atoms in total. The minimum atomic E-state index is -1.10. The van der Waals surface area contributed by atoms with Crippen molar-refractivity contribution in [2.45, 2.75) is 11.8 Å². The van der Waals surface area contributed by atoms with E-state index in [1.807, 2.05) is 24.3 Å². The summed E-state index contributed by atoms with van der Waals surface area (Å²) in [4.78, 5) is 15.0. The standard InChI is InChI=1S/C18H17N3O5/c19-16(20-25)5-6-21-12-4-2-1-3-10(12)18(17(21)24)9-26-15-8-14(23)13(22)7-11(15)18/h1-4,7-8,22-23,25H,5-6,9H2,(H2,19,20). The highest BCUT2D eigenvalue weighted by atomic mass is 16.5. The van der Waals surface area contributed by atoms with Crippen molar-refractivity contribution < 1.29 is 25.0 Å². The van der Waals surface area contributed by atoms with Gasteiger partial charge in [-0.05, 0) is 17.7 Å². The van der Waals surface area contributed by atoms with Gasteiger partial charge in [0.25, 0.3) is 0 Å². The van der Waals surface area contributed by atoms with E-state index in [0.29, 0.717) is 17.0 Å². The molecule has 0 radical (unpaired) electrons. The third-order valence-corrected chi connectivity index (χ3v) is 4.97. The summed E-state index contributed by atoms with van der Waals surface area (Å²) in [6.45, 7) is 0.314. The lowest BCUT2D eigenvalue weighted by Gasteiger charge is -2.23. The largest absolute Gasteiger partial charge is 0.504 e. The molecule has 0 saturated carbocycles. The Morgan fingerprint density at radius 1 is 1.23 bits per heavy atom. The Labute approximate surface area is 148 Å². The first kappa shape index (κ1) is 16.1. The summed E-state index contributed by atoms with van der Waals surface area (Å²) < 4.78 is 5.69. The van der Waals surface area contributed by atoms with Gasteiger partial charge in [-0.1, -0.05) is 23.4 Å². The second kappa shape index (κ2) is 5.55. The zero-order valence-electron chi connectivity index (χ0n) is 13.7. The number of rotatable bonds is 3. The minimum Gasteiger partial charge on any atom is -0.504 e. The maximum absolute atomic E-state index is 13.4. The van der Waals surface area contributed by atoms with Crippen LogP contribution in [0.25, 0.3) is 0 Å². The van der Waals surface area contributed by atoms with Gasteiger partial charge in [-0.25, -0.2) is 0 Å². The van der Waals surface area contributed by atoms with Gasteiger partial charge >= 0.3 is 0 Å². The van der Waals surface area contributed by atoms with Crippen LogP contribution in [0.2, 0.25) is 0 Å². The van der Waals surface area contributed by atoms with Crippen molar-refractivity contribution in [1.29, 1.82) is 0 Å². The molecule has 8 heteroatoms. The summed E-state index contributed by atoms with van der Waals surface area (Å²) in [6, 6.07) is 10.0. The normalized spacial score (nSPS) is 21.0. The monoisotopic (exact) mass is 355 g/mol. The topological polar surface area (TPSA) is 129 Å². The molecule has 2 aromatic carbocycles. The highest BCUT2D eigenvalue weighted by Crippen LogP contribution is 2.54. The molecular weight excluding hydrogens is 338 g/mol. The predicted octanol–water partition coefficient (Wildman–Crippen LogP) is 1.26. The number of amidine groups is 1. The molecule has 0 bridgehead atoms. The van der Waals surface area contributed by atoms with Crippen molar-refractivity contribution in [1.82, 2.24) is 0 Å². The number of para-hydroxylation sites is 1. The summed E-state index contributed by atoms with van der Waals surface area (Å²) >= 11 is 0. The van der Waals surface area contributed by atoms with Gasteiger partial charge in [0.1, 0.15) is 23.6 Å². The molecular formula is C18H17N3O5. The molecule has 134 valence electrons. The number of anilines is 1. The SMILES string of the molecule is N/C(CCN1C(=O)C2(COc3cc(O)c(O)cc32)c2ccccc21)=N\O. The van der Waals surface area contributed by atoms with Gasteiger partial charge in [0.05, 0.1) is 0 Å². The van der Waals surface area contributed by atoms with Crippen molar-refractivity contribution in [3.8, 4) is 17.2 Å². The summed E-state index contributed by atoms with van der Waals surface area (Å²) in [5, 5.41) is 31.4. The highest BCUT2D eigenvalue weighted by Gasteiger charge is 2.57. The summed E-state index contributed by atoms with van der Waals surface area (Å²) in [5.41, 5.74) is 6.44. The Kier molecular flexibility index (Phi) is 3.43. The maximum Gasteiger partial charge on any atom is 0.245 e. The molecule has 1 unspecified atom stereocenters. The molecule has 26 heavy (non-hydrogen) atoms. The number of hydrogen-bond donors (Lipinski definition) is 4. The third-order valence-electron chi connectivity index (χ3n) is 4.97. The number of aromatic hydroxyl groups is 2. The second-order valence-corrected chi connectivity index (χ2v) is 6.35. The number of carbonyl (C=O) groups excluding carboxylic acids is 1. The lowest BCUT2D eigenvalue weighted by molar-refractivity contribution is -0.122. The second-order valence-electron chi connectivity index (χ2n) is 6.35. The van der Waals surface area contributed by atoms with Crippen LogP contribution in [0.15, 0.2) is 41.6 Å². The number of carbonyl (C=O) groups is 1. The van der Waals surface area contributed by atoms with E-state index in [9.17, 15) is 15.0 Å². The number of phenolic OH excluding ortho intramolecular Hbond substituents is 2. The summed E-state index contributed by atoms with van der Waals surface area (Å²) in [7, 11) is 0. The fourth-order valence-electron chi connectivity index (χ4n) is 3.70. The van der Waals surface area contributed by atoms with Crippen LogP contribution >= 0.6 is 0 Å². The molecule has 0 saturated heterocycles. The van der Waals surface area contributed by atoms with Gasteiger partial charge in [-0.3, -0.25) is 4.79 Å². The fourth-order valence-corrected chi connectivity index (χ4v) is 3.70. The van der Waals surface area contributed by atoms with Crippen molar-refractivity contribution in [2.24, 2.45) is 10.9 Å². The van der Waals surface area contributed by atoms with Gasteiger partial charge in [0.15, 0.2) is 11.5 Å². The van der Waals surface area contributed by atoms with E-state index >= 15 is 0 Å². The van der Waals surface area contributed by atoms with E-state index in [2.05, 4.69) is 5.16 Å². The van der Waals surface area contributed by atoms with Crippen molar-refractivity contribution in [3.05, 3.63) is 47.5 Å². The van der Waals surface area contributed by atoms with Gasteiger partial charge in [0, 0.05) is 30.3 Å². The summed E-state index contributed by atoms with van der Waals surface area (Å²) in [5.74, 6) is -0.436. The molecule has 2 aromatic rings. The number of nitrogens with two attached hydrogens (primary N) is 1. The average Bonchev–Trinajstić information content (AvgIpc) is 3.12. The number of ether oxygens (including phenoxy) is 1. The van der Waals surface area contributed by atoms with E-state index in [1.165, 1.54) is 12.1 Å². The Morgan fingerprint density at radius 2 is 1.96 bits per heavy atom. The number of benzene rings is 2. The van der Waals surface area contributed by atoms with Crippen LogP contribution in [0, 0.1) is 0 Å². The molecule has 2 aliphatic heterocycles. The number of fused-ring (bicyclic) bond motifs is 4. The van der Waals surface area contributed by atoms with E-state index in [-0.39, 0.29) is 42.8 Å². The van der Waals surface area contributed by atoms with Crippen molar-refractivity contribution in [2.75, 3.05) is 18.1 Å². The Balaban J connectivity index is 1.85. The van der Waals surface area contributed by atoms with E-state index in [0.717, 1.165) is 5.56 Å². The molecule has 0 fully saturated rings. The minimum absolute atomic E-state index is 0.0295. The maximum atomic E-state index is 13.4. The number of amides is 1. The molecule has 0 aromatic heterocycles. The van der Waals surface area contributed by atoms with Crippen LogP contribution in [0.1, 0.15) is 17.5 Å². The van der Waals surface area contributed by atoms with E-state index in [4.69, 9.17) is 15.7 Å². The van der Waals surface area contributed by atoms with Crippen LogP contribution in [0.5, 0.6) is 17.2 Å². The molecule has 5 N–H and O–H groups in total. The molecule has 2 aliphatic rings. The van der Waals surface area contributed by atoms with Crippen molar-refractivity contribution in [3.63, 3.8) is 0 Å². The molecule has 1 atom stereocenters. The number of nitrogens with zero attached hydrogens (tertiary/aromatic N) is 2. The molecule has 1 spiro atoms. The van der Waals surface area contributed by atoms with Gasteiger partial charge in [0.2, 0.25) is 5.91 Å². The first-order valence-electron chi connectivity index (χ1n) is 8.06. The number of hydrogen-bond acceptors (Lipinski definition) is 6. The molecule has 4 rings (SSSR count). The Morgan fingerprint density at radius 3 is 2.73 bits per heavy atom. The zero-order chi connectivity index (χ0) is 18.5. The molecule has 2 heterocycles. The van der Waals surface area contributed by atoms with Crippen LogP contribution in [-0.2, 0) is 10.2 Å². The van der Waals surface area contributed by atoms with Gasteiger partial charge in [-0.15, -0.1) is 0 Å². The quantitative estimate of drug-likeness (QED) is 0.216. The van der Waals surface area contributed by atoms with Crippen LogP contribution < -0.4 is 15.4 Å². The van der Waals surface area contributed by atoms with E-state index in [1.54, 1.807) is 4.90 Å². The average molecular weight is 355 g/mol. The molecule has 1 amide bonds. The van der Waals surface area contributed by atoms with Crippen molar-refractivity contribution >= 4 is 17.4 Å². The predicted molar refractivity (Wildman–Crippen MR) is 92.9 cm³/mol. The first-order chi connectivity index (χ1) is 12.5. The van der Waals surface area contributed by atoms with E-state index < -0.39 is 5.41 Å². The molecule has 0 aliphatic carbocycles. The lowest BCUT2D eigenvalue weighted by atomic mass is 9.77. The van der Waals surface area contributed by atoms with Crippen LogP contribution in [0.4, 0.5) is 5.69 Å². The van der Waals surface area contributed by atoms with Gasteiger partial charge in [-0.2, -0.15) is 0 Å². The Bertz CT molecular complexity index is 942. The first-order valence-corrected chi connectivity index (χ1v) is 8.06. The Hall–Kier alpha value is -3.42. The lowest BCUT2D eigenvalue weighted by Crippen LogP contribution is -2.43. The number of oxime groups is 1. The smallest absolute Gasteiger partial charge is 0.245 e. The number of phenols is 2. The third kappa shape index (κ3) is 2.01. The summed E-state index contributed by atoms with van der Waals surface area (Å²) in [6.07, 6.45) is 0.210. The zero-order valence-corrected chi connectivity index (χ0v) is 13.7. The van der Waals surface area contributed by atoms with Crippen LogP contribution in [-0.4, -0.2) is 40.3 Å².